The van der Waals surface area contributed by atoms with Crippen molar-refractivity contribution in [2.24, 2.45) is 0 Å². The maximum absolute atomic E-state index is 12.9. The molecule has 2 aromatic carbocycles. The van der Waals surface area contributed by atoms with Crippen LogP contribution in [0.1, 0.15) is 48.9 Å². The van der Waals surface area contributed by atoms with Crippen molar-refractivity contribution in [3.8, 4) is 0 Å². The highest BCUT2D eigenvalue weighted by Crippen LogP contribution is 2.19. The first kappa shape index (κ1) is 17.6. The first-order valence-corrected chi connectivity index (χ1v) is 8.26. The third-order valence-electron chi connectivity index (χ3n) is 4.18. The molecule has 5 nitrogen and oxygen atoms in total. The van der Waals surface area contributed by atoms with E-state index in [4.69, 9.17) is 9.26 Å². The fourth-order valence-corrected chi connectivity index (χ4v) is 2.60. The lowest BCUT2D eigenvalue weighted by Gasteiger charge is -2.09. The SMILES string of the molecule is Cc1cc(COC(=O)c2ccccc2C(=O)c2ccc(C)c(C)c2)on1. The van der Waals surface area contributed by atoms with Crippen molar-refractivity contribution in [3.05, 3.63) is 87.8 Å². The molecule has 0 spiro atoms. The minimum atomic E-state index is -0.577. The maximum atomic E-state index is 12.9. The topological polar surface area (TPSA) is 69.4 Å². The summed E-state index contributed by atoms with van der Waals surface area (Å²) in [5, 5.41) is 3.75. The molecule has 132 valence electrons. The maximum Gasteiger partial charge on any atom is 0.339 e. The van der Waals surface area contributed by atoms with Crippen LogP contribution in [0, 0.1) is 20.8 Å². The molecular formula is C21H19NO4. The zero-order chi connectivity index (χ0) is 18.7. The van der Waals surface area contributed by atoms with Gasteiger partial charge in [-0.25, -0.2) is 4.79 Å². The minimum absolute atomic E-state index is 0.0359. The molecule has 0 saturated heterocycles. The fraction of sp³-hybridized carbons (Fsp3) is 0.190. The van der Waals surface area contributed by atoms with Crippen LogP contribution in [0.25, 0.3) is 0 Å². The first-order chi connectivity index (χ1) is 12.5. The quantitative estimate of drug-likeness (QED) is 0.510. The Balaban J connectivity index is 1.83. The van der Waals surface area contributed by atoms with Crippen molar-refractivity contribution < 1.29 is 18.8 Å². The number of carbonyl (C=O) groups excluding carboxylic acids is 2. The third-order valence-corrected chi connectivity index (χ3v) is 4.18. The van der Waals surface area contributed by atoms with Gasteiger partial charge in [-0.05, 0) is 44.0 Å². The molecule has 0 N–H and O–H groups in total. The molecule has 0 bridgehead atoms. The van der Waals surface area contributed by atoms with Crippen LogP contribution < -0.4 is 0 Å². The lowest BCUT2D eigenvalue weighted by molar-refractivity contribution is 0.0435. The van der Waals surface area contributed by atoms with Crippen molar-refractivity contribution in [1.82, 2.24) is 5.16 Å². The van der Waals surface area contributed by atoms with Crippen LogP contribution >= 0.6 is 0 Å². The summed E-state index contributed by atoms with van der Waals surface area (Å²) in [6.45, 7) is 5.68. The average Bonchev–Trinajstić information content (AvgIpc) is 3.06. The van der Waals surface area contributed by atoms with E-state index in [9.17, 15) is 9.59 Å². The number of ketones is 1. The standard InChI is InChI=1S/C21H19NO4/c1-13-8-9-16(10-14(13)2)20(23)18-6-4-5-7-19(18)21(24)25-12-17-11-15(3)22-26-17/h4-11H,12H2,1-3H3. The molecule has 1 aromatic heterocycles. The van der Waals surface area contributed by atoms with Gasteiger partial charge in [0, 0.05) is 17.2 Å². The number of rotatable bonds is 5. The Bertz CT molecular complexity index is 972. The van der Waals surface area contributed by atoms with Crippen LogP contribution in [0.15, 0.2) is 53.1 Å². The van der Waals surface area contributed by atoms with Gasteiger partial charge in [0.2, 0.25) is 0 Å². The molecule has 26 heavy (non-hydrogen) atoms. The van der Waals surface area contributed by atoms with Crippen molar-refractivity contribution in [1.29, 1.82) is 0 Å². The third kappa shape index (κ3) is 3.72. The van der Waals surface area contributed by atoms with Crippen LogP contribution in [-0.2, 0) is 11.3 Å². The molecule has 3 rings (SSSR count). The molecule has 0 aliphatic heterocycles. The summed E-state index contributed by atoms with van der Waals surface area (Å²) in [6.07, 6.45) is 0. The Kier molecular flexibility index (Phi) is 4.98. The number of hydrogen-bond donors (Lipinski definition) is 0. The van der Waals surface area contributed by atoms with E-state index in [2.05, 4.69) is 5.16 Å². The fourth-order valence-electron chi connectivity index (χ4n) is 2.60. The second-order valence-corrected chi connectivity index (χ2v) is 6.18. The Morgan fingerprint density at radius 1 is 0.962 bits per heavy atom. The predicted molar refractivity (Wildman–Crippen MR) is 96.2 cm³/mol. The molecule has 0 atom stereocenters. The summed E-state index contributed by atoms with van der Waals surface area (Å²) in [4.78, 5) is 25.3. The molecule has 0 fully saturated rings. The van der Waals surface area contributed by atoms with Gasteiger partial charge < -0.3 is 9.26 Å². The Morgan fingerprint density at radius 2 is 1.69 bits per heavy atom. The number of aromatic nitrogens is 1. The van der Waals surface area contributed by atoms with E-state index in [-0.39, 0.29) is 18.0 Å². The molecule has 1 heterocycles. The van der Waals surface area contributed by atoms with Gasteiger partial charge in [-0.3, -0.25) is 4.79 Å². The number of carbonyl (C=O) groups is 2. The van der Waals surface area contributed by atoms with E-state index in [1.54, 1.807) is 43.3 Å². The molecule has 0 aliphatic rings. The minimum Gasteiger partial charge on any atom is -0.454 e. The van der Waals surface area contributed by atoms with Crippen LogP contribution in [0.2, 0.25) is 0 Å². The molecule has 5 heteroatoms. The van der Waals surface area contributed by atoms with Crippen molar-refractivity contribution >= 4 is 11.8 Å². The van der Waals surface area contributed by atoms with Crippen molar-refractivity contribution in [2.45, 2.75) is 27.4 Å². The van der Waals surface area contributed by atoms with Gasteiger partial charge >= 0.3 is 5.97 Å². The summed E-state index contributed by atoms with van der Waals surface area (Å²) >= 11 is 0. The number of benzene rings is 2. The van der Waals surface area contributed by atoms with Crippen LogP contribution in [0.4, 0.5) is 0 Å². The van der Waals surface area contributed by atoms with Gasteiger partial charge in [-0.2, -0.15) is 0 Å². The van der Waals surface area contributed by atoms with Gasteiger partial charge in [0.15, 0.2) is 18.2 Å². The van der Waals surface area contributed by atoms with E-state index in [1.165, 1.54) is 0 Å². The molecule has 0 unspecified atom stereocenters. The number of esters is 1. The Hall–Kier alpha value is -3.21. The molecule has 0 aliphatic carbocycles. The molecule has 0 radical (unpaired) electrons. The Labute approximate surface area is 151 Å². The van der Waals surface area contributed by atoms with Crippen molar-refractivity contribution in [3.63, 3.8) is 0 Å². The highest BCUT2D eigenvalue weighted by molar-refractivity contribution is 6.14. The second-order valence-electron chi connectivity index (χ2n) is 6.18. The number of aryl methyl sites for hydroxylation is 3. The Morgan fingerprint density at radius 3 is 2.35 bits per heavy atom. The lowest BCUT2D eigenvalue weighted by atomic mass is 9.96. The van der Waals surface area contributed by atoms with Crippen molar-refractivity contribution in [2.75, 3.05) is 0 Å². The molecule has 0 saturated carbocycles. The van der Waals surface area contributed by atoms with Crippen LogP contribution in [0.5, 0.6) is 0 Å². The van der Waals surface area contributed by atoms with E-state index >= 15 is 0 Å². The summed E-state index contributed by atoms with van der Waals surface area (Å²) in [5.41, 5.74) is 3.93. The van der Waals surface area contributed by atoms with Gasteiger partial charge in [-0.15, -0.1) is 0 Å². The second kappa shape index (κ2) is 7.35. The highest BCUT2D eigenvalue weighted by Gasteiger charge is 2.20. The van der Waals surface area contributed by atoms with Crippen LogP contribution in [0.3, 0.4) is 0 Å². The van der Waals surface area contributed by atoms with E-state index in [0.717, 1.165) is 11.1 Å². The summed E-state index contributed by atoms with van der Waals surface area (Å²) in [5.74, 6) is -0.336. The average molecular weight is 349 g/mol. The van der Waals surface area contributed by atoms with E-state index in [1.807, 2.05) is 26.0 Å². The summed E-state index contributed by atoms with van der Waals surface area (Å²) in [6, 6.07) is 13.8. The number of hydrogen-bond acceptors (Lipinski definition) is 5. The normalized spacial score (nSPS) is 10.6. The smallest absolute Gasteiger partial charge is 0.339 e. The zero-order valence-electron chi connectivity index (χ0n) is 14.9. The van der Waals surface area contributed by atoms with E-state index in [0.29, 0.717) is 22.6 Å². The van der Waals surface area contributed by atoms with Crippen LogP contribution in [-0.4, -0.2) is 16.9 Å². The summed E-state index contributed by atoms with van der Waals surface area (Å²) in [7, 11) is 0. The largest absolute Gasteiger partial charge is 0.454 e. The van der Waals surface area contributed by atoms with Gasteiger partial charge in [-0.1, -0.05) is 35.5 Å². The number of nitrogens with zero attached hydrogens (tertiary/aromatic N) is 1. The van der Waals surface area contributed by atoms with Gasteiger partial charge in [0.1, 0.15) is 0 Å². The first-order valence-electron chi connectivity index (χ1n) is 8.26. The summed E-state index contributed by atoms with van der Waals surface area (Å²) < 4.78 is 10.3. The predicted octanol–water partition coefficient (Wildman–Crippen LogP) is 4.19. The van der Waals surface area contributed by atoms with Gasteiger partial charge in [0.25, 0.3) is 0 Å². The molecule has 3 aromatic rings. The lowest BCUT2D eigenvalue weighted by Crippen LogP contribution is -2.12. The van der Waals surface area contributed by atoms with Gasteiger partial charge in [0.05, 0.1) is 11.3 Å². The number of ether oxygens (including phenoxy) is 1. The molecule has 0 amide bonds. The molecular weight excluding hydrogens is 330 g/mol. The monoisotopic (exact) mass is 349 g/mol. The highest BCUT2D eigenvalue weighted by atomic mass is 16.5. The zero-order valence-corrected chi connectivity index (χ0v) is 14.9. The van der Waals surface area contributed by atoms with E-state index < -0.39 is 5.97 Å².